The van der Waals surface area contributed by atoms with Gasteiger partial charge < -0.3 is 34.5 Å². The Hall–Kier alpha value is -5.38. The first-order valence-corrected chi connectivity index (χ1v) is 21.5. The van der Waals surface area contributed by atoms with Crippen molar-refractivity contribution in [1.29, 1.82) is 0 Å². The summed E-state index contributed by atoms with van der Waals surface area (Å²) in [5.74, 6) is -1.13. The molecule has 2 unspecified atom stereocenters. The van der Waals surface area contributed by atoms with Gasteiger partial charge >= 0.3 is 6.09 Å². The van der Waals surface area contributed by atoms with Crippen LogP contribution >= 0.6 is 0 Å². The molecule has 0 bridgehead atoms. The zero-order valence-corrected chi connectivity index (χ0v) is 33.6. The summed E-state index contributed by atoms with van der Waals surface area (Å²) in [6.07, 6.45) is 11.9. The number of aryl methyl sites for hydroxylation is 1. The Morgan fingerprint density at radius 2 is 1.84 bits per heavy atom. The molecular weight excluding hydrogens is 767 g/mol. The van der Waals surface area contributed by atoms with E-state index < -0.39 is 68.7 Å². The average Bonchev–Trinajstić information content (AvgIpc) is 4.11. The van der Waals surface area contributed by atoms with E-state index in [4.69, 9.17) is 23.9 Å². The van der Waals surface area contributed by atoms with Crippen LogP contribution in [0, 0.1) is 12.8 Å². The van der Waals surface area contributed by atoms with Gasteiger partial charge in [-0.05, 0) is 63.7 Å². The van der Waals surface area contributed by atoms with E-state index in [2.05, 4.69) is 15.4 Å². The van der Waals surface area contributed by atoms with Crippen molar-refractivity contribution in [1.82, 2.24) is 25.2 Å². The highest BCUT2D eigenvalue weighted by Crippen LogP contribution is 2.49. The molecule has 8 rings (SSSR count). The summed E-state index contributed by atoms with van der Waals surface area (Å²) in [7, 11) is -1.09. The van der Waals surface area contributed by atoms with Crippen molar-refractivity contribution < 1.29 is 46.5 Å². The molecule has 7 atom stereocenters. The van der Waals surface area contributed by atoms with Gasteiger partial charge in [0.15, 0.2) is 11.5 Å². The summed E-state index contributed by atoms with van der Waals surface area (Å²) >= 11 is 0. The molecule has 2 aromatic rings. The topological polar surface area (TPSA) is 192 Å². The first kappa shape index (κ1) is 39.4. The number of nitrogens with zero attached hydrogens (tertiary/aromatic N) is 2. The second-order valence-corrected chi connectivity index (χ2v) is 18.0. The molecule has 2 saturated carbocycles. The van der Waals surface area contributed by atoms with Crippen molar-refractivity contribution in [2.75, 3.05) is 20.8 Å². The van der Waals surface area contributed by atoms with Crippen LogP contribution in [0.15, 0.2) is 66.5 Å². The van der Waals surface area contributed by atoms with Crippen LogP contribution in [0.3, 0.4) is 0 Å². The van der Waals surface area contributed by atoms with Crippen molar-refractivity contribution in [3.8, 4) is 22.8 Å². The summed E-state index contributed by atoms with van der Waals surface area (Å²) in [5, 5.41) is 4.92. The van der Waals surface area contributed by atoms with Crippen LogP contribution in [0.25, 0.3) is 11.3 Å². The molecule has 3 N–H and O–H groups in total. The third kappa shape index (κ3) is 7.90. The highest BCUT2D eigenvalue weighted by Gasteiger charge is 2.62. The fraction of sp³-hybridized carbons (Fsp3) is 0.500. The van der Waals surface area contributed by atoms with Crippen molar-refractivity contribution in [3.63, 3.8) is 0 Å². The fourth-order valence-electron chi connectivity index (χ4n) is 8.32. The number of carbonyl (C=O) groups is 4. The third-order valence-electron chi connectivity index (χ3n) is 11.9. The highest BCUT2D eigenvalue weighted by atomic mass is 32.2. The minimum Gasteiger partial charge on any atom is -0.497 e. The Morgan fingerprint density at radius 3 is 2.59 bits per heavy atom. The standard InChI is InChI=1S/C42H49N5O10S/c1-24-11-13-25(14-12-24)32-21-35(37-36(43-32)30-19-27(54-2)15-18-34(30)57-37)56-28-20-33-38(48)45-42(40(50)46-58(52,53)29-16-17-29)22-26(42)9-7-5-4-6-8-10-31(44-41(51)55-3)39(49)47(33)23-28/h7,9,11-15,18-19,21,26,28-31,33-34H,4-6,8,10,16-17,20,22-23H2,1-3H3,(H,44,51)(H,45,48)(H,46,50)/b9-7-/t26-,28-,30?,31+,33+,34?,42-/m1/s1. The van der Waals surface area contributed by atoms with Gasteiger partial charge in [-0.1, -0.05) is 54.8 Å². The number of hydrogen-bond donors (Lipinski definition) is 3. The minimum atomic E-state index is -3.91. The van der Waals surface area contributed by atoms with Gasteiger partial charge in [-0.3, -0.25) is 19.1 Å². The number of pyridine rings is 1. The lowest BCUT2D eigenvalue weighted by Gasteiger charge is -2.29. The Kier molecular flexibility index (Phi) is 10.7. The number of aromatic nitrogens is 1. The lowest BCUT2D eigenvalue weighted by Crippen LogP contribution is -2.58. The van der Waals surface area contributed by atoms with Gasteiger partial charge in [-0.2, -0.15) is 0 Å². The molecule has 0 spiro atoms. The second-order valence-electron chi connectivity index (χ2n) is 16.0. The number of nitrogens with one attached hydrogen (secondary N) is 3. The first-order valence-electron chi connectivity index (χ1n) is 20.0. The summed E-state index contributed by atoms with van der Waals surface area (Å²) < 4.78 is 51.6. The Balaban J connectivity index is 1.13. The van der Waals surface area contributed by atoms with E-state index in [1.807, 2.05) is 61.6 Å². The summed E-state index contributed by atoms with van der Waals surface area (Å²) in [6.45, 7) is 1.97. The van der Waals surface area contributed by atoms with Gasteiger partial charge in [0.2, 0.25) is 21.8 Å². The summed E-state index contributed by atoms with van der Waals surface area (Å²) in [5.41, 5.74) is 1.72. The fourth-order valence-corrected chi connectivity index (χ4v) is 9.68. The number of rotatable bonds is 8. The maximum atomic E-state index is 14.5. The molecule has 1 aromatic heterocycles. The van der Waals surface area contributed by atoms with E-state index in [9.17, 15) is 27.6 Å². The molecular formula is C42H49N5O10S. The number of methoxy groups -OCH3 is 2. The summed E-state index contributed by atoms with van der Waals surface area (Å²) in [6, 6.07) is 7.60. The number of carbonyl (C=O) groups excluding carboxylic acids is 4. The van der Waals surface area contributed by atoms with Gasteiger partial charge in [0.25, 0.3) is 5.91 Å². The lowest BCUT2D eigenvalue weighted by molar-refractivity contribution is -0.141. The van der Waals surface area contributed by atoms with E-state index in [-0.39, 0.29) is 31.4 Å². The quantitative estimate of drug-likeness (QED) is 0.326. The molecule has 3 aliphatic heterocycles. The van der Waals surface area contributed by atoms with Gasteiger partial charge in [-0.25, -0.2) is 18.2 Å². The predicted octanol–water partition coefficient (Wildman–Crippen LogP) is 4.08. The van der Waals surface area contributed by atoms with Crippen LogP contribution in [0.1, 0.15) is 75.0 Å². The number of allylic oxidation sites excluding steroid dienone is 2. The smallest absolute Gasteiger partial charge is 0.407 e. The van der Waals surface area contributed by atoms with Crippen LogP contribution in [0.4, 0.5) is 4.79 Å². The second kappa shape index (κ2) is 15.8. The van der Waals surface area contributed by atoms with Gasteiger partial charge in [-0.15, -0.1) is 0 Å². The van der Waals surface area contributed by atoms with Crippen LogP contribution in [-0.4, -0.2) is 98.0 Å². The zero-order valence-electron chi connectivity index (χ0n) is 32.8. The van der Waals surface area contributed by atoms with E-state index in [1.165, 1.54) is 12.0 Å². The normalized spacial score (nSPS) is 29.7. The Bertz CT molecular complexity index is 2180. The van der Waals surface area contributed by atoms with Crippen molar-refractivity contribution >= 4 is 33.8 Å². The third-order valence-corrected chi connectivity index (χ3v) is 13.7. The molecule has 0 radical (unpaired) electrons. The van der Waals surface area contributed by atoms with Gasteiger partial charge in [0, 0.05) is 24.0 Å². The number of fused-ring (bicyclic) bond motifs is 5. The van der Waals surface area contributed by atoms with E-state index >= 15 is 0 Å². The van der Waals surface area contributed by atoms with Crippen molar-refractivity contribution in [2.45, 2.75) is 106 Å². The number of benzene rings is 1. The van der Waals surface area contributed by atoms with E-state index in [0.717, 1.165) is 24.0 Å². The number of ether oxygens (including phenoxy) is 4. The van der Waals surface area contributed by atoms with Crippen LogP contribution in [0.5, 0.6) is 11.5 Å². The minimum absolute atomic E-state index is 0.0263. The molecule has 1 aromatic carbocycles. The number of amides is 4. The molecule has 4 amide bonds. The van der Waals surface area contributed by atoms with E-state index in [1.54, 1.807) is 13.2 Å². The largest absolute Gasteiger partial charge is 0.497 e. The number of hydrogen-bond acceptors (Lipinski definition) is 11. The van der Waals surface area contributed by atoms with E-state index in [0.29, 0.717) is 60.8 Å². The number of alkyl carbamates (subject to hydrolysis) is 1. The Morgan fingerprint density at radius 1 is 1.05 bits per heavy atom. The molecule has 6 aliphatic rings. The SMILES string of the molecule is COC(=O)N[C@H]1CCCCC/C=C\[C@@H]2C[C@@]2(C(=O)NS(=O)(=O)C2CC2)NC(=O)[C@@H]2C[C@@H](Oc3cc(-c4ccc(C)cc4)nc4c3OC3C=CC(OC)=CC43)CN2C1=O. The van der Waals surface area contributed by atoms with Crippen molar-refractivity contribution in [3.05, 3.63) is 77.7 Å². The Labute approximate surface area is 337 Å². The molecule has 16 heteroatoms. The molecule has 3 fully saturated rings. The van der Waals surface area contributed by atoms with Gasteiger partial charge in [0.05, 0.1) is 43.3 Å². The average molecular weight is 816 g/mol. The summed E-state index contributed by atoms with van der Waals surface area (Å²) in [4.78, 5) is 61.8. The van der Waals surface area contributed by atoms with Crippen LogP contribution in [-0.2, 0) is 33.9 Å². The molecule has 1 saturated heterocycles. The van der Waals surface area contributed by atoms with Crippen LogP contribution < -0.4 is 24.8 Å². The van der Waals surface area contributed by atoms with Crippen LogP contribution in [0.2, 0.25) is 0 Å². The molecule has 4 heterocycles. The zero-order chi connectivity index (χ0) is 40.8. The maximum Gasteiger partial charge on any atom is 0.407 e. The highest BCUT2D eigenvalue weighted by molar-refractivity contribution is 7.91. The molecule has 3 aliphatic carbocycles. The molecule has 308 valence electrons. The monoisotopic (exact) mass is 815 g/mol. The number of sulfonamides is 1. The van der Waals surface area contributed by atoms with Crippen molar-refractivity contribution in [2.24, 2.45) is 5.92 Å². The first-order chi connectivity index (χ1) is 27.9. The molecule has 58 heavy (non-hydrogen) atoms. The maximum absolute atomic E-state index is 14.5. The van der Waals surface area contributed by atoms with Gasteiger partial charge in [0.1, 0.15) is 35.6 Å². The predicted molar refractivity (Wildman–Crippen MR) is 211 cm³/mol. The molecule has 15 nitrogen and oxygen atoms in total. The lowest BCUT2D eigenvalue weighted by atomic mass is 9.94.